The Morgan fingerprint density at radius 2 is 1.29 bits per heavy atom. The summed E-state index contributed by atoms with van der Waals surface area (Å²) in [5, 5.41) is 3.62. The number of benzene rings is 3. The van der Waals surface area contributed by atoms with Crippen molar-refractivity contribution in [1.82, 2.24) is 0 Å². The van der Waals surface area contributed by atoms with Crippen LogP contribution in [-0.2, 0) is 19.2 Å². The quantitative estimate of drug-likeness (QED) is 0.128. The summed E-state index contributed by atoms with van der Waals surface area (Å²) >= 11 is 1.48. The van der Waals surface area contributed by atoms with Gasteiger partial charge in [-0.15, -0.1) is 0 Å². The van der Waals surface area contributed by atoms with Crippen molar-refractivity contribution in [2.45, 2.75) is 29.6 Å². The molecule has 0 aliphatic carbocycles. The van der Waals surface area contributed by atoms with Crippen LogP contribution >= 0.6 is 11.8 Å². The number of hydrogen-bond donors (Lipinski definition) is 0. The average Bonchev–Trinajstić information content (AvgIpc) is 2.89. The number of ketones is 2. The molecule has 0 amide bonds. The molecule has 3 rings (SSSR count). The molecule has 0 aromatic heterocycles. The number of carbonyl (C=O) groups is 4. The second kappa shape index (κ2) is 12.4. The molecule has 0 radical (unpaired) electrons. The first-order chi connectivity index (χ1) is 16.9. The number of esters is 1. The van der Waals surface area contributed by atoms with Gasteiger partial charge in [-0.25, -0.2) is 4.79 Å². The van der Waals surface area contributed by atoms with E-state index in [1.807, 2.05) is 30.3 Å². The van der Waals surface area contributed by atoms with Crippen molar-refractivity contribution < 1.29 is 28.8 Å². The topological polar surface area (TPSA) is 99.1 Å². The average molecular weight is 490 g/mol. The highest BCUT2D eigenvalue weighted by atomic mass is 32.2. The van der Waals surface area contributed by atoms with Crippen LogP contribution in [0.25, 0.3) is 0 Å². The number of ether oxygens (including phenoxy) is 1. The first kappa shape index (κ1) is 25.6. The number of nitrogens with zero attached hydrogens (tertiary/aromatic N) is 1. The molecule has 0 fully saturated rings. The zero-order valence-corrected chi connectivity index (χ0v) is 20.0. The number of methoxy groups -OCH3 is 1. The van der Waals surface area contributed by atoms with Crippen LogP contribution in [0.3, 0.4) is 0 Å². The Bertz CT molecular complexity index is 1230. The van der Waals surface area contributed by atoms with E-state index >= 15 is 0 Å². The van der Waals surface area contributed by atoms with Crippen LogP contribution in [0.5, 0.6) is 0 Å². The van der Waals surface area contributed by atoms with Crippen molar-refractivity contribution in [1.29, 1.82) is 0 Å². The summed E-state index contributed by atoms with van der Waals surface area (Å²) in [6.07, 6.45) is -0.0949. The monoisotopic (exact) mass is 489 g/mol. The summed E-state index contributed by atoms with van der Waals surface area (Å²) in [6, 6.07) is 23.2. The first-order valence-electron chi connectivity index (χ1n) is 10.7. The molecular weight excluding hydrogens is 466 g/mol. The molecule has 8 heteroatoms. The van der Waals surface area contributed by atoms with E-state index in [2.05, 4.69) is 14.7 Å². The fourth-order valence-corrected chi connectivity index (χ4v) is 3.87. The highest BCUT2D eigenvalue weighted by Gasteiger charge is 2.18. The highest BCUT2D eigenvalue weighted by Crippen LogP contribution is 2.28. The molecule has 3 aromatic carbocycles. The number of carbonyl (C=O) groups excluding carboxylic acids is 4. The van der Waals surface area contributed by atoms with Crippen molar-refractivity contribution in [3.05, 3.63) is 95.6 Å². The van der Waals surface area contributed by atoms with Gasteiger partial charge in [-0.1, -0.05) is 47.2 Å². The van der Waals surface area contributed by atoms with E-state index < -0.39 is 17.7 Å². The fraction of sp³-hybridized carbons (Fsp3) is 0.148. The van der Waals surface area contributed by atoms with Gasteiger partial charge in [0.05, 0.1) is 13.5 Å². The Morgan fingerprint density at radius 1 is 0.743 bits per heavy atom. The standard InChI is InChI=1S/C27H23NO6S/c1-18(29)34-28-24(16-17-25(30)33-2)27(32)21-10-14-23(15-11-21)35-22-12-8-20(9-13-22)26(31)19-6-4-3-5-7-19/h3-15H,16-17H2,1-2H3. The third-order valence-electron chi connectivity index (χ3n) is 4.84. The lowest BCUT2D eigenvalue weighted by molar-refractivity contribution is -0.141. The minimum absolute atomic E-state index is 0.0245. The number of rotatable bonds is 10. The second-order valence-electron chi connectivity index (χ2n) is 7.37. The lowest BCUT2D eigenvalue weighted by Crippen LogP contribution is -2.17. The Hall–Kier alpha value is -4.04. The van der Waals surface area contributed by atoms with E-state index in [-0.39, 0.29) is 24.3 Å². The summed E-state index contributed by atoms with van der Waals surface area (Å²) in [5.74, 6) is -1.66. The van der Waals surface area contributed by atoms with Crippen LogP contribution < -0.4 is 0 Å². The van der Waals surface area contributed by atoms with Gasteiger partial charge in [-0.05, 0) is 48.5 Å². The molecule has 0 aliphatic rings. The van der Waals surface area contributed by atoms with Gasteiger partial charge < -0.3 is 9.57 Å². The maximum Gasteiger partial charge on any atom is 0.331 e. The summed E-state index contributed by atoms with van der Waals surface area (Å²) < 4.78 is 4.59. The van der Waals surface area contributed by atoms with E-state index in [0.717, 1.165) is 9.79 Å². The highest BCUT2D eigenvalue weighted by molar-refractivity contribution is 7.99. The van der Waals surface area contributed by atoms with E-state index in [0.29, 0.717) is 16.7 Å². The predicted octanol–water partition coefficient (Wildman–Crippen LogP) is 5.12. The molecule has 35 heavy (non-hydrogen) atoms. The van der Waals surface area contributed by atoms with Crippen molar-refractivity contribution >= 4 is 41.0 Å². The molecular formula is C27H23NO6S. The molecule has 0 unspecified atom stereocenters. The van der Waals surface area contributed by atoms with E-state index in [1.165, 1.54) is 25.8 Å². The lowest BCUT2D eigenvalue weighted by atomic mass is 10.0. The molecule has 0 spiro atoms. The Labute approximate surface area is 207 Å². The first-order valence-corrected chi connectivity index (χ1v) is 11.5. The fourth-order valence-electron chi connectivity index (χ4n) is 3.05. The molecule has 3 aromatic rings. The van der Waals surface area contributed by atoms with Gasteiger partial charge in [0.1, 0.15) is 5.71 Å². The third-order valence-corrected chi connectivity index (χ3v) is 5.86. The van der Waals surface area contributed by atoms with E-state index in [9.17, 15) is 19.2 Å². The van der Waals surface area contributed by atoms with Crippen molar-refractivity contribution in [2.24, 2.45) is 5.16 Å². The Kier molecular flexibility index (Phi) is 9.09. The summed E-state index contributed by atoms with van der Waals surface area (Å²) in [4.78, 5) is 54.4. The zero-order valence-electron chi connectivity index (χ0n) is 19.2. The molecule has 178 valence electrons. The molecule has 0 bridgehead atoms. The van der Waals surface area contributed by atoms with Crippen LogP contribution in [0.4, 0.5) is 0 Å². The predicted molar refractivity (Wildman–Crippen MR) is 132 cm³/mol. The van der Waals surface area contributed by atoms with Crippen molar-refractivity contribution in [3.63, 3.8) is 0 Å². The number of oxime groups is 1. The van der Waals surface area contributed by atoms with Crippen LogP contribution in [0, 0.1) is 0 Å². The van der Waals surface area contributed by atoms with Gasteiger partial charge in [0, 0.05) is 39.8 Å². The summed E-state index contributed by atoms with van der Waals surface area (Å²) in [6.45, 7) is 1.17. The van der Waals surface area contributed by atoms with Gasteiger partial charge >= 0.3 is 11.9 Å². The van der Waals surface area contributed by atoms with Gasteiger partial charge in [-0.3, -0.25) is 14.4 Å². The lowest BCUT2D eigenvalue weighted by Gasteiger charge is -2.07. The Morgan fingerprint density at radius 3 is 1.83 bits per heavy atom. The van der Waals surface area contributed by atoms with Crippen molar-refractivity contribution in [3.8, 4) is 0 Å². The Balaban J connectivity index is 1.67. The molecule has 7 nitrogen and oxygen atoms in total. The minimum Gasteiger partial charge on any atom is -0.469 e. The van der Waals surface area contributed by atoms with E-state index in [1.54, 1.807) is 48.5 Å². The van der Waals surface area contributed by atoms with Gasteiger partial charge in [0.2, 0.25) is 5.78 Å². The largest absolute Gasteiger partial charge is 0.469 e. The molecule has 0 aliphatic heterocycles. The zero-order chi connectivity index (χ0) is 25.2. The van der Waals surface area contributed by atoms with Crippen LogP contribution in [0.1, 0.15) is 46.0 Å². The normalized spacial score (nSPS) is 11.0. The maximum atomic E-state index is 12.8. The smallest absolute Gasteiger partial charge is 0.331 e. The summed E-state index contributed by atoms with van der Waals surface area (Å²) in [7, 11) is 1.25. The second-order valence-corrected chi connectivity index (χ2v) is 8.52. The SMILES string of the molecule is COC(=O)CCC(=NOC(C)=O)C(=O)c1ccc(Sc2ccc(C(=O)c3ccccc3)cc2)cc1. The minimum atomic E-state index is -0.670. The van der Waals surface area contributed by atoms with Crippen LogP contribution in [-0.4, -0.2) is 36.3 Å². The third kappa shape index (κ3) is 7.48. The van der Waals surface area contributed by atoms with Crippen molar-refractivity contribution in [2.75, 3.05) is 7.11 Å². The molecule has 0 N–H and O–H groups in total. The van der Waals surface area contributed by atoms with Gasteiger partial charge in [0.25, 0.3) is 0 Å². The molecule has 0 saturated heterocycles. The van der Waals surface area contributed by atoms with Gasteiger partial charge in [0.15, 0.2) is 5.78 Å². The van der Waals surface area contributed by atoms with Crippen LogP contribution in [0.15, 0.2) is 93.8 Å². The molecule has 0 saturated carbocycles. The van der Waals surface area contributed by atoms with E-state index in [4.69, 9.17) is 0 Å². The van der Waals surface area contributed by atoms with Crippen LogP contribution in [0.2, 0.25) is 0 Å². The molecule has 0 heterocycles. The maximum absolute atomic E-state index is 12.8. The number of hydrogen-bond acceptors (Lipinski definition) is 8. The number of Topliss-reactive ketones (excluding diaryl/α,β-unsaturated/α-hetero) is 1. The summed E-state index contributed by atoms with van der Waals surface area (Å²) in [5.41, 5.74) is 1.53. The van der Waals surface area contributed by atoms with Gasteiger partial charge in [-0.2, -0.15) is 0 Å². The molecule has 0 atom stereocenters.